The summed E-state index contributed by atoms with van der Waals surface area (Å²) in [7, 11) is 0. The summed E-state index contributed by atoms with van der Waals surface area (Å²) in [5.41, 5.74) is 0.509. The van der Waals surface area contributed by atoms with Crippen LogP contribution in [-0.2, 0) is 4.79 Å². The van der Waals surface area contributed by atoms with E-state index in [1.165, 1.54) is 12.1 Å². The molecule has 0 saturated carbocycles. The van der Waals surface area contributed by atoms with Gasteiger partial charge >= 0.3 is 0 Å². The van der Waals surface area contributed by atoms with Crippen molar-refractivity contribution >= 4 is 23.5 Å². The number of hydrogen-bond acceptors (Lipinski definition) is 3. The molecule has 1 amide bonds. The predicted octanol–water partition coefficient (Wildman–Crippen LogP) is 2.12. The fourth-order valence-corrected chi connectivity index (χ4v) is 2.53. The van der Waals surface area contributed by atoms with Gasteiger partial charge in [0.25, 0.3) is 0 Å². The van der Waals surface area contributed by atoms with Crippen molar-refractivity contribution in [2.24, 2.45) is 0 Å². The Labute approximate surface area is 98.1 Å². The van der Waals surface area contributed by atoms with Crippen LogP contribution in [0.5, 0.6) is 0 Å². The second-order valence-electron chi connectivity index (χ2n) is 3.61. The molecule has 1 heterocycles. The van der Waals surface area contributed by atoms with Crippen LogP contribution >= 0.6 is 11.9 Å². The number of benzene rings is 1. The fraction of sp³-hybridized carbons (Fsp3) is 0.364. The summed E-state index contributed by atoms with van der Waals surface area (Å²) in [6, 6.07) is 5.93. The average Bonchev–Trinajstić information content (AvgIpc) is 2.70. The number of rotatable bonds is 3. The molecule has 1 fully saturated rings. The highest BCUT2D eigenvalue weighted by Gasteiger charge is 2.15. The molecule has 3 nitrogen and oxygen atoms in total. The molecule has 0 aromatic heterocycles. The van der Waals surface area contributed by atoms with Gasteiger partial charge in [0.1, 0.15) is 5.82 Å². The number of anilines is 1. The smallest absolute Gasteiger partial charge is 0.239 e. The lowest BCUT2D eigenvalue weighted by Crippen LogP contribution is -2.26. The van der Waals surface area contributed by atoms with E-state index in [2.05, 4.69) is 5.32 Å². The normalized spacial score (nSPS) is 16.3. The number of halogens is 1. The van der Waals surface area contributed by atoms with E-state index in [1.54, 1.807) is 24.1 Å². The maximum absolute atomic E-state index is 12.9. The van der Waals surface area contributed by atoms with Gasteiger partial charge in [0.15, 0.2) is 0 Å². The third-order valence-electron chi connectivity index (χ3n) is 2.25. The Kier molecular flexibility index (Phi) is 3.79. The van der Waals surface area contributed by atoms with Gasteiger partial charge in [0.2, 0.25) is 5.91 Å². The molecule has 1 aromatic carbocycles. The number of amides is 1. The standard InChI is InChI=1S/C11H13FN2OS/c12-9-3-1-4-10(7-9)13-11(15)8-14-5-2-6-16-14/h1,3-4,7H,2,5-6,8H2,(H,13,15). The number of carbonyl (C=O) groups is 1. The summed E-state index contributed by atoms with van der Waals surface area (Å²) in [4.78, 5) is 11.6. The summed E-state index contributed by atoms with van der Waals surface area (Å²) < 4.78 is 14.9. The van der Waals surface area contributed by atoms with Gasteiger partial charge in [-0.15, -0.1) is 0 Å². The number of carbonyl (C=O) groups excluding carboxylic acids is 1. The van der Waals surface area contributed by atoms with Gasteiger partial charge in [-0.3, -0.25) is 4.79 Å². The average molecular weight is 240 g/mol. The molecule has 1 aliphatic heterocycles. The fourth-order valence-electron chi connectivity index (χ4n) is 1.55. The van der Waals surface area contributed by atoms with Crippen LogP contribution in [0.4, 0.5) is 10.1 Å². The van der Waals surface area contributed by atoms with Crippen molar-refractivity contribution in [3.8, 4) is 0 Å². The highest BCUT2D eigenvalue weighted by Crippen LogP contribution is 2.19. The largest absolute Gasteiger partial charge is 0.325 e. The van der Waals surface area contributed by atoms with Crippen molar-refractivity contribution in [2.75, 3.05) is 24.2 Å². The quantitative estimate of drug-likeness (QED) is 0.821. The van der Waals surface area contributed by atoms with Gasteiger partial charge in [-0.2, -0.15) is 0 Å². The monoisotopic (exact) mass is 240 g/mol. The van der Waals surface area contributed by atoms with E-state index in [-0.39, 0.29) is 11.7 Å². The van der Waals surface area contributed by atoms with Crippen molar-refractivity contribution in [3.05, 3.63) is 30.1 Å². The molecule has 0 bridgehead atoms. The first-order valence-corrected chi connectivity index (χ1v) is 6.11. The van der Waals surface area contributed by atoms with E-state index < -0.39 is 0 Å². The van der Waals surface area contributed by atoms with Crippen LogP contribution in [0.25, 0.3) is 0 Å². The molecule has 2 rings (SSSR count). The zero-order chi connectivity index (χ0) is 11.4. The Bertz CT molecular complexity index is 380. The molecule has 1 aromatic rings. The van der Waals surface area contributed by atoms with E-state index in [9.17, 15) is 9.18 Å². The van der Waals surface area contributed by atoms with Gasteiger partial charge < -0.3 is 5.32 Å². The van der Waals surface area contributed by atoms with Gasteiger partial charge in [-0.1, -0.05) is 18.0 Å². The van der Waals surface area contributed by atoms with Crippen molar-refractivity contribution in [2.45, 2.75) is 6.42 Å². The zero-order valence-electron chi connectivity index (χ0n) is 8.78. The third-order valence-corrected chi connectivity index (χ3v) is 3.40. The molecule has 1 aliphatic rings. The maximum Gasteiger partial charge on any atom is 0.239 e. The molecule has 1 saturated heterocycles. The third kappa shape index (κ3) is 3.21. The molecule has 5 heteroatoms. The van der Waals surface area contributed by atoms with Crippen molar-refractivity contribution in [3.63, 3.8) is 0 Å². The van der Waals surface area contributed by atoms with E-state index in [0.29, 0.717) is 12.2 Å². The minimum atomic E-state index is -0.339. The maximum atomic E-state index is 12.9. The topological polar surface area (TPSA) is 32.3 Å². The molecule has 0 spiro atoms. The number of nitrogens with zero attached hydrogens (tertiary/aromatic N) is 1. The van der Waals surface area contributed by atoms with E-state index in [1.807, 2.05) is 4.31 Å². The Hall–Kier alpha value is -1.07. The minimum absolute atomic E-state index is 0.0972. The zero-order valence-corrected chi connectivity index (χ0v) is 9.60. The lowest BCUT2D eigenvalue weighted by Gasteiger charge is -2.12. The van der Waals surface area contributed by atoms with Crippen molar-refractivity contribution in [1.29, 1.82) is 0 Å². The second kappa shape index (κ2) is 5.32. The second-order valence-corrected chi connectivity index (χ2v) is 4.79. The Morgan fingerprint density at radius 2 is 2.44 bits per heavy atom. The van der Waals surface area contributed by atoms with Gasteiger partial charge in [-0.05, 0) is 24.6 Å². The van der Waals surface area contributed by atoms with Crippen LogP contribution in [0, 0.1) is 5.82 Å². The van der Waals surface area contributed by atoms with Crippen molar-refractivity contribution in [1.82, 2.24) is 4.31 Å². The van der Waals surface area contributed by atoms with Crippen LogP contribution in [0.15, 0.2) is 24.3 Å². The van der Waals surface area contributed by atoms with Gasteiger partial charge in [0.05, 0.1) is 6.54 Å². The van der Waals surface area contributed by atoms with Crippen LogP contribution < -0.4 is 5.32 Å². The molecule has 1 N–H and O–H groups in total. The Morgan fingerprint density at radius 3 is 3.12 bits per heavy atom. The minimum Gasteiger partial charge on any atom is -0.325 e. The molecular weight excluding hydrogens is 227 g/mol. The van der Waals surface area contributed by atoms with E-state index in [0.717, 1.165) is 18.7 Å². The lowest BCUT2D eigenvalue weighted by atomic mass is 10.3. The van der Waals surface area contributed by atoms with Crippen molar-refractivity contribution < 1.29 is 9.18 Å². The summed E-state index contributed by atoms with van der Waals surface area (Å²) in [5, 5.41) is 2.68. The molecule has 86 valence electrons. The molecular formula is C11H13FN2OS. The first kappa shape index (κ1) is 11.4. The van der Waals surface area contributed by atoms with Crippen LogP contribution in [0.2, 0.25) is 0 Å². The highest BCUT2D eigenvalue weighted by atomic mass is 32.2. The van der Waals surface area contributed by atoms with Gasteiger partial charge in [0, 0.05) is 18.0 Å². The Balaban J connectivity index is 1.86. The van der Waals surface area contributed by atoms with Crippen LogP contribution in [0.1, 0.15) is 6.42 Å². The lowest BCUT2D eigenvalue weighted by molar-refractivity contribution is -0.116. The first-order chi connectivity index (χ1) is 7.74. The van der Waals surface area contributed by atoms with E-state index in [4.69, 9.17) is 0 Å². The molecule has 0 radical (unpaired) electrons. The molecule has 0 unspecified atom stereocenters. The molecule has 16 heavy (non-hydrogen) atoms. The Morgan fingerprint density at radius 1 is 1.56 bits per heavy atom. The van der Waals surface area contributed by atoms with E-state index >= 15 is 0 Å². The molecule has 0 atom stereocenters. The SMILES string of the molecule is O=C(CN1CCCS1)Nc1cccc(F)c1. The number of nitrogens with one attached hydrogen (secondary N) is 1. The predicted molar refractivity (Wildman–Crippen MR) is 63.7 cm³/mol. The molecule has 0 aliphatic carbocycles. The van der Waals surface area contributed by atoms with Gasteiger partial charge in [-0.25, -0.2) is 8.70 Å². The van der Waals surface area contributed by atoms with Crippen LogP contribution in [-0.4, -0.2) is 29.1 Å². The summed E-state index contributed by atoms with van der Waals surface area (Å²) >= 11 is 1.68. The summed E-state index contributed by atoms with van der Waals surface area (Å²) in [5.74, 6) is 0.640. The first-order valence-electron chi connectivity index (χ1n) is 5.17. The van der Waals surface area contributed by atoms with Crippen LogP contribution in [0.3, 0.4) is 0 Å². The summed E-state index contributed by atoms with van der Waals surface area (Å²) in [6.07, 6.45) is 1.12. The number of hydrogen-bond donors (Lipinski definition) is 1. The summed E-state index contributed by atoms with van der Waals surface area (Å²) in [6.45, 7) is 1.31. The highest BCUT2D eigenvalue weighted by molar-refractivity contribution is 7.97.